The fraction of sp³-hybridized carbons (Fsp3) is 0.389. The van der Waals surface area contributed by atoms with E-state index in [1.165, 1.54) is 27.8 Å². The van der Waals surface area contributed by atoms with Crippen molar-refractivity contribution in [3.63, 3.8) is 0 Å². The summed E-state index contributed by atoms with van der Waals surface area (Å²) in [5.41, 5.74) is -0.181. The predicted octanol–water partition coefficient (Wildman–Crippen LogP) is 1.52. The monoisotopic (exact) mass is 345 g/mol. The molecule has 1 N–H and O–H groups in total. The van der Waals surface area contributed by atoms with Crippen molar-refractivity contribution in [2.45, 2.75) is 26.4 Å². The Morgan fingerprint density at radius 1 is 1.36 bits per heavy atom. The van der Waals surface area contributed by atoms with Crippen LogP contribution in [-0.2, 0) is 0 Å². The van der Waals surface area contributed by atoms with Gasteiger partial charge in [-0.3, -0.25) is 9.59 Å². The molecule has 0 spiro atoms. The van der Waals surface area contributed by atoms with Crippen molar-refractivity contribution < 1.29 is 14.3 Å². The molecular formula is C18H20FN3O3. The highest BCUT2D eigenvalue weighted by molar-refractivity contribution is 5.92. The van der Waals surface area contributed by atoms with Gasteiger partial charge in [0.2, 0.25) is 5.43 Å². The van der Waals surface area contributed by atoms with Crippen LogP contribution in [0.2, 0.25) is 0 Å². The highest BCUT2D eigenvalue weighted by Crippen LogP contribution is 2.18. The van der Waals surface area contributed by atoms with Crippen LogP contribution in [0.15, 0.2) is 35.1 Å². The first kappa shape index (κ1) is 17.3. The third-order valence-electron chi connectivity index (χ3n) is 4.60. The Bertz CT molecular complexity index is 865. The van der Waals surface area contributed by atoms with E-state index in [4.69, 9.17) is 0 Å². The molecule has 1 aliphatic heterocycles. The molecule has 0 bridgehead atoms. The summed E-state index contributed by atoms with van der Waals surface area (Å²) in [6.45, 7) is 4.16. The second-order valence-electron chi connectivity index (χ2n) is 6.45. The number of β-amino-alcohol motifs (C(OH)–C–C–N with tert-alkyl or cyclic N) is 1. The van der Waals surface area contributed by atoms with Crippen molar-refractivity contribution in [2.75, 3.05) is 13.1 Å². The molecule has 2 heterocycles. The number of aromatic nitrogens is 2. The van der Waals surface area contributed by atoms with Crippen LogP contribution < -0.4 is 5.43 Å². The largest absolute Gasteiger partial charge is 0.391 e. The molecule has 1 fully saturated rings. The van der Waals surface area contributed by atoms with Crippen molar-refractivity contribution in [1.29, 1.82) is 0 Å². The van der Waals surface area contributed by atoms with Gasteiger partial charge in [-0.25, -0.2) is 9.07 Å². The molecule has 1 aromatic carbocycles. The lowest BCUT2D eigenvalue weighted by molar-refractivity contribution is 0.0243. The number of nitrogens with zero attached hydrogens (tertiary/aromatic N) is 3. The predicted molar refractivity (Wildman–Crippen MR) is 90.2 cm³/mol. The highest BCUT2D eigenvalue weighted by Gasteiger charge is 2.30. The number of carbonyl (C=O) groups excluding carboxylic acids is 1. The molecule has 6 nitrogen and oxygen atoms in total. The van der Waals surface area contributed by atoms with Gasteiger partial charge in [-0.15, -0.1) is 0 Å². The highest BCUT2D eigenvalue weighted by atomic mass is 19.1. The lowest BCUT2D eigenvalue weighted by Gasteiger charge is -2.34. The van der Waals surface area contributed by atoms with E-state index in [9.17, 15) is 19.1 Å². The zero-order valence-electron chi connectivity index (χ0n) is 14.1. The standard InChI is InChI=1S/C18H20FN3O3/c1-11-7-8-21(10-16(11)24)18(25)17-15(23)9-12(2)22(20-17)14-6-4-3-5-13(14)19/h3-6,9,11,16,24H,7-8,10H2,1-2H3. The molecular weight excluding hydrogens is 325 g/mol. The summed E-state index contributed by atoms with van der Waals surface area (Å²) < 4.78 is 15.3. The van der Waals surface area contributed by atoms with Crippen LogP contribution in [0.1, 0.15) is 29.5 Å². The zero-order chi connectivity index (χ0) is 18.1. The maximum Gasteiger partial charge on any atom is 0.278 e. The fourth-order valence-corrected chi connectivity index (χ4v) is 2.95. The molecule has 3 rings (SSSR count). The number of aliphatic hydroxyl groups is 1. The normalized spacial score (nSPS) is 20.6. The fourth-order valence-electron chi connectivity index (χ4n) is 2.95. The first-order valence-corrected chi connectivity index (χ1v) is 8.21. The van der Waals surface area contributed by atoms with Gasteiger partial charge in [-0.1, -0.05) is 19.1 Å². The van der Waals surface area contributed by atoms with Gasteiger partial charge in [-0.2, -0.15) is 5.10 Å². The Balaban J connectivity index is 2.00. The molecule has 0 aliphatic carbocycles. The number of amides is 1. The SMILES string of the molecule is Cc1cc(=O)c(C(=O)N2CCC(C)C(O)C2)nn1-c1ccccc1F. The molecule has 132 valence electrons. The third-order valence-corrected chi connectivity index (χ3v) is 4.60. The quantitative estimate of drug-likeness (QED) is 0.895. The van der Waals surface area contributed by atoms with Crippen LogP contribution in [0.5, 0.6) is 0 Å². The van der Waals surface area contributed by atoms with E-state index in [-0.39, 0.29) is 23.8 Å². The molecule has 1 saturated heterocycles. The minimum absolute atomic E-state index is 0.102. The molecule has 25 heavy (non-hydrogen) atoms. The topological polar surface area (TPSA) is 75.4 Å². The van der Waals surface area contributed by atoms with Crippen LogP contribution in [0.25, 0.3) is 5.69 Å². The van der Waals surface area contributed by atoms with Crippen molar-refractivity contribution in [2.24, 2.45) is 5.92 Å². The van der Waals surface area contributed by atoms with Crippen molar-refractivity contribution in [3.8, 4) is 5.69 Å². The number of aryl methyl sites for hydroxylation is 1. The van der Waals surface area contributed by atoms with E-state index in [1.807, 2.05) is 6.92 Å². The lowest BCUT2D eigenvalue weighted by Crippen LogP contribution is -2.47. The molecule has 1 amide bonds. The minimum atomic E-state index is -0.628. The van der Waals surface area contributed by atoms with Gasteiger partial charge in [0, 0.05) is 24.8 Å². The number of benzene rings is 1. The maximum atomic E-state index is 14.1. The summed E-state index contributed by atoms with van der Waals surface area (Å²) in [4.78, 5) is 26.4. The second-order valence-corrected chi connectivity index (χ2v) is 6.45. The smallest absolute Gasteiger partial charge is 0.278 e. The van der Waals surface area contributed by atoms with E-state index < -0.39 is 23.3 Å². The summed E-state index contributed by atoms with van der Waals surface area (Å²) in [6, 6.07) is 7.30. The lowest BCUT2D eigenvalue weighted by atomic mass is 9.96. The van der Waals surface area contributed by atoms with Crippen LogP contribution >= 0.6 is 0 Å². The van der Waals surface area contributed by atoms with E-state index in [0.29, 0.717) is 18.7 Å². The summed E-state index contributed by atoms with van der Waals surface area (Å²) in [5.74, 6) is -0.937. The van der Waals surface area contributed by atoms with Gasteiger partial charge in [-0.05, 0) is 31.4 Å². The number of aliphatic hydroxyl groups excluding tert-OH is 1. The number of likely N-dealkylation sites (tertiary alicyclic amines) is 1. The number of hydrogen-bond donors (Lipinski definition) is 1. The van der Waals surface area contributed by atoms with Crippen LogP contribution in [-0.4, -0.2) is 44.9 Å². The van der Waals surface area contributed by atoms with Crippen molar-refractivity contribution >= 4 is 5.91 Å². The molecule has 2 aromatic rings. The first-order valence-electron chi connectivity index (χ1n) is 8.21. The molecule has 1 aromatic heterocycles. The van der Waals surface area contributed by atoms with Gasteiger partial charge in [0.05, 0.1) is 6.10 Å². The minimum Gasteiger partial charge on any atom is -0.391 e. The summed E-state index contributed by atoms with van der Waals surface area (Å²) >= 11 is 0. The van der Waals surface area contributed by atoms with Crippen LogP contribution in [0.3, 0.4) is 0 Å². The number of para-hydroxylation sites is 1. The van der Waals surface area contributed by atoms with Gasteiger partial charge < -0.3 is 10.0 Å². The summed E-state index contributed by atoms with van der Waals surface area (Å²) in [6.07, 6.45) is 0.0252. The van der Waals surface area contributed by atoms with E-state index >= 15 is 0 Å². The Labute approximate surface area is 144 Å². The average molecular weight is 345 g/mol. The van der Waals surface area contributed by atoms with Gasteiger partial charge in [0.1, 0.15) is 11.5 Å². The van der Waals surface area contributed by atoms with Gasteiger partial charge in [0.25, 0.3) is 5.91 Å². The number of halogens is 1. The summed E-state index contributed by atoms with van der Waals surface area (Å²) in [5, 5.41) is 14.1. The Morgan fingerprint density at radius 3 is 2.76 bits per heavy atom. The van der Waals surface area contributed by atoms with Crippen molar-refractivity contribution in [1.82, 2.24) is 14.7 Å². The number of hydrogen-bond acceptors (Lipinski definition) is 4. The molecule has 0 saturated carbocycles. The van der Waals surface area contributed by atoms with E-state index in [2.05, 4.69) is 5.10 Å². The Morgan fingerprint density at radius 2 is 2.08 bits per heavy atom. The van der Waals surface area contributed by atoms with Crippen LogP contribution in [0.4, 0.5) is 4.39 Å². The van der Waals surface area contributed by atoms with Gasteiger partial charge in [0.15, 0.2) is 5.69 Å². The summed E-state index contributed by atoms with van der Waals surface area (Å²) in [7, 11) is 0. The van der Waals surface area contributed by atoms with E-state index in [0.717, 1.165) is 0 Å². The number of piperidine rings is 1. The first-order chi connectivity index (χ1) is 11.9. The molecule has 1 aliphatic rings. The van der Waals surface area contributed by atoms with Gasteiger partial charge >= 0.3 is 0 Å². The van der Waals surface area contributed by atoms with Crippen LogP contribution in [0, 0.1) is 18.7 Å². The number of carbonyl (C=O) groups is 1. The Kier molecular flexibility index (Phi) is 4.67. The van der Waals surface area contributed by atoms with E-state index in [1.54, 1.807) is 19.1 Å². The zero-order valence-corrected chi connectivity index (χ0v) is 14.1. The number of rotatable bonds is 2. The average Bonchev–Trinajstić information content (AvgIpc) is 2.58. The molecule has 7 heteroatoms. The maximum absolute atomic E-state index is 14.1. The third kappa shape index (κ3) is 3.32. The Hall–Kier alpha value is -2.54. The second kappa shape index (κ2) is 6.76. The molecule has 0 radical (unpaired) electrons. The molecule has 2 unspecified atom stereocenters. The molecule has 2 atom stereocenters. The van der Waals surface area contributed by atoms with Crippen molar-refractivity contribution in [3.05, 3.63) is 57.8 Å².